The molecule has 1 aliphatic carbocycles. The van der Waals surface area contributed by atoms with Crippen LogP contribution in [0, 0.1) is 5.41 Å². The van der Waals surface area contributed by atoms with Crippen LogP contribution in [0.1, 0.15) is 19.3 Å². The van der Waals surface area contributed by atoms with Gasteiger partial charge >= 0.3 is 0 Å². The second-order valence-corrected chi connectivity index (χ2v) is 5.37. The molecule has 0 aromatic rings. The maximum absolute atomic E-state index is 12.3. The Morgan fingerprint density at radius 1 is 1.11 bits per heavy atom. The fourth-order valence-corrected chi connectivity index (χ4v) is 2.54. The smallest absolute Gasteiger partial charge is 0.231 e. The highest BCUT2D eigenvalue weighted by atomic mass is 16.2. The number of nitrogens with two attached hydrogens (primary N) is 2. The van der Waals surface area contributed by atoms with Gasteiger partial charge in [-0.3, -0.25) is 14.5 Å². The summed E-state index contributed by atoms with van der Waals surface area (Å²) in [5.74, 6) is -0.110. The molecule has 1 aliphatic heterocycles. The number of hydrogen-bond donors (Lipinski definition) is 2. The highest BCUT2D eigenvalue weighted by Crippen LogP contribution is 2.46. The zero-order valence-corrected chi connectivity index (χ0v) is 10.7. The molecule has 2 amide bonds. The number of rotatable bonds is 4. The van der Waals surface area contributed by atoms with Gasteiger partial charge in [0.2, 0.25) is 11.8 Å². The Morgan fingerprint density at radius 3 is 2.39 bits per heavy atom. The number of carbonyl (C=O) groups excluding carboxylic acids is 2. The summed E-state index contributed by atoms with van der Waals surface area (Å²) in [5, 5.41) is 0. The molecular weight excluding hydrogens is 232 g/mol. The van der Waals surface area contributed by atoms with Gasteiger partial charge in [-0.1, -0.05) is 0 Å². The number of carbonyl (C=O) groups is 2. The molecule has 1 saturated carbocycles. The van der Waals surface area contributed by atoms with Crippen molar-refractivity contribution in [1.82, 2.24) is 9.80 Å². The first-order valence-corrected chi connectivity index (χ1v) is 6.57. The van der Waals surface area contributed by atoms with Crippen LogP contribution in [0.5, 0.6) is 0 Å². The molecule has 1 saturated heterocycles. The number of amides is 2. The van der Waals surface area contributed by atoms with Crippen molar-refractivity contribution in [2.24, 2.45) is 16.9 Å². The van der Waals surface area contributed by atoms with Gasteiger partial charge in [-0.2, -0.15) is 0 Å². The molecule has 0 spiro atoms. The Kier molecular flexibility index (Phi) is 3.87. The van der Waals surface area contributed by atoms with E-state index in [0.29, 0.717) is 13.1 Å². The minimum atomic E-state index is -0.310. The van der Waals surface area contributed by atoms with E-state index in [1.807, 2.05) is 9.80 Å². The SMILES string of the molecule is NCC1(C(=O)N2CCCN(CC(N)=O)CC2)CC1. The van der Waals surface area contributed by atoms with E-state index >= 15 is 0 Å². The highest BCUT2D eigenvalue weighted by molar-refractivity contribution is 5.85. The first-order chi connectivity index (χ1) is 8.57. The lowest BCUT2D eigenvalue weighted by atomic mass is 10.1. The first-order valence-electron chi connectivity index (χ1n) is 6.57. The van der Waals surface area contributed by atoms with Gasteiger partial charge in [0.05, 0.1) is 12.0 Å². The minimum Gasteiger partial charge on any atom is -0.369 e. The molecule has 0 unspecified atom stereocenters. The van der Waals surface area contributed by atoms with Crippen molar-refractivity contribution in [3.05, 3.63) is 0 Å². The summed E-state index contributed by atoms with van der Waals surface area (Å²) in [7, 11) is 0. The molecule has 0 aromatic heterocycles. The molecule has 18 heavy (non-hydrogen) atoms. The molecule has 0 bridgehead atoms. The normalized spacial score (nSPS) is 23.5. The number of nitrogens with zero attached hydrogens (tertiary/aromatic N) is 2. The first kappa shape index (κ1) is 13.3. The molecule has 0 radical (unpaired) electrons. The quantitative estimate of drug-likeness (QED) is 0.655. The van der Waals surface area contributed by atoms with Gasteiger partial charge in [-0.25, -0.2) is 0 Å². The largest absolute Gasteiger partial charge is 0.369 e. The average Bonchev–Trinajstić information content (AvgIpc) is 3.12. The Labute approximate surface area is 107 Å². The molecule has 6 nitrogen and oxygen atoms in total. The fourth-order valence-electron chi connectivity index (χ4n) is 2.54. The Morgan fingerprint density at radius 2 is 1.83 bits per heavy atom. The second-order valence-electron chi connectivity index (χ2n) is 5.37. The Bertz CT molecular complexity index is 341. The molecule has 2 fully saturated rings. The van der Waals surface area contributed by atoms with Crippen LogP contribution in [-0.2, 0) is 9.59 Å². The number of primary amides is 1. The summed E-state index contributed by atoms with van der Waals surface area (Å²) in [4.78, 5) is 27.1. The maximum Gasteiger partial charge on any atom is 0.231 e. The van der Waals surface area contributed by atoms with E-state index in [0.717, 1.165) is 38.9 Å². The van der Waals surface area contributed by atoms with Gasteiger partial charge in [0.25, 0.3) is 0 Å². The molecule has 0 aromatic carbocycles. The average molecular weight is 254 g/mol. The third-order valence-corrected chi connectivity index (χ3v) is 3.95. The predicted octanol–water partition coefficient (Wildman–Crippen LogP) is -1.26. The highest BCUT2D eigenvalue weighted by Gasteiger charge is 2.50. The lowest BCUT2D eigenvalue weighted by Crippen LogP contribution is -2.43. The molecule has 1 heterocycles. The Hall–Kier alpha value is -1.14. The summed E-state index contributed by atoms with van der Waals surface area (Å²) in [6.45, 7) is 3.71. The molecule has 2 aliphatic rings. The van der Waals surface area contributed by atoms with Gasteiger partial charge in [0, 0.05) is 32.7 Å². The van der Waals surface area contributed by atoms with Crippen LogP contribution in [0.4, 0.5) is 0 Å². The van der Waals surface area contributed by atoms with Gasteiger partial charge < -0.3 is 16.4 Å². The zero-order valence-electron chi connectivity index (χ0n) is 10.7. The topological polar surface area (TPSA) is 92.7 Å². The number of hydrogen-bond acceptors (Lipinski definition) is 4. The zero-order chi connectivity index (χ0) is 13.2. The van der Waals surface area contributed by atoms with Crippen LogP contribution in [-0.4, -0.2) is 60.9 Å². The van der Waals surface area contributed by atoms with Crippen LogP contribution >= 0.6 is 0 Å². The van der Waals surface area contributed by atoms with E-state index in [-0.39, 0.29) is 23.8 Å². The van der Waals surface area contributed by atoms with Crippen molar-refractivity contribution in [3.8, 4) is 0 Å². The van der Waals surface area contributed by atoms with E-state index in [4.69, 9.17) is 11.5 Å². The summed E-state index contributed by atoms with van der Waals surface area (Å²) in [5.41, 5.74) is 10.6. The molecule has 0 atom stereocenters. The van der Waals surface area contributed by atoms with Crippen molar-refractivity contribution in [2.75, 3.05) is 39.3 Å². The summed E-state index contributed by atoms with van der Waals surface area (Å²) in [6.07, 6.45) is 2.73. The van der Waals surface area contributed by atoms with Crippen molar-refractivity contribution >= 4 is 11.8 Å². The van der Waals surface area contributed by atoms with Crippen molar-refractivity contribution in [3.63, 3.8) is 0 Å². The third kappa shape index (κ3) is 2.81. The molecule has 6 heteroatoms. The summed E-state index contributed by atoms with van der Waals surface area (Å²) >= 11 is 0. The monoisotopic (exact) mass is 254 g/mol. The molecular formula is C12H22N4O2. The van der Waals surface area contributed by atoms with Crippen LogP contribution in [0.3, 0.4) is 0 Å². The van der Waals surface area contributed by atoms with Gasteiger partial charge in [-0.05, 0) is 19.3 Å². The van der Waals surface area contributed by atoms with Crippen LogP contribution in [0.2, 0.25) is 0 Å². The molecule has 2 rings (SSSR count). The molecule has 4 N–H and O–H groups in total. The van der Waals surface area contributed by atoms with Crippen LogP contribution in [0.25, 0.3) is 0 Å². The van der Waals surface area contributed by atoms with Crippen molar-refractivity contribution in [2.45, 2.75) is 19.3 Å². The second kappa shape index (κ2) is 5.24. The lowest BCUT2D eigenvalue weighted by Gasteiger charge is -2.25. The third-order valence-electron chi connectivity index (χ3n) is 3.95. The summed E-state index contributed by atoms with van der Waals surface area (Å²) in [6, 6.07) is 0. The van der Waals surface area contributed by atoms with E-state index in [1.54, 1.807) is 0 Å². The van der Waals surface area contributed by atoms with Crippen molar-refractivity contribution in [1.29, 1.82) is 0 Å². The van der Waals surface area contributed by atoms with E-state index in [9.17, 15) is 9.59 Å². The lowest BCUT2D eigenvalue weighted by molar-refractivity contribution is -0.136. The van der Waals surface area contributed by atoms with E-state index < -0.39 is 0 Å². The predicted molar refractivity (Wildman–Crippen MR) is 67.6 cm³/mol. The van der Waals surface area contributed by atoms with Gasteiger partial charge in [-0.15, -0.1) is 0 Å². The Balaban J connectivity index is 1.89. The fraction of sp³-hybridized carbons (Fsp3) is 0.833. The summed E-state index contributed by atoms with van der Waals surface area (Å²) < 4.78 is 0. The van der Waals surface area contributed by atoms with Gasteiger partial charge in [0.15, 0.2) is 0 Å². The van der Waals surface area contributed by atoms with Crippen LogP contribution < -0.4 is 11.5 Å². The van der Waals surface area contributed by atoms with Crippen molar-refractivity contribution < 1.29 is 9.59 Å². The minimum absolute atomic E-state index is 0.200. The van der Waals surface area contributed by atoms with E-state index in [2.05, 4.69) is 0 Å². The molecule has 102 valence electrons. The van der Waals surface area contributed by atoms with E-state index in [1.165, 1.54) is 0 Å². The maximum atomic E-state index is 12.3. The van der Waals surface area contributed by atoms with Crippen LogP contribution in [0.15, 0.2) is 0 Å². The van der Waals surface area contributed by atoms with Gasteiger partial charge in [0.1, 0.15) is 0 Å². The standard InChI is InChI=1S/C12H22N4O2/c13-9-12(2-3-12)11(18)16-5-1-4-15(6-7-16)8-10(14)17/h1-9,13H2,(H2,14,17).